The highest BCUT2D eigenvalue weighted by molar-refractivity contribution is 6.13. The van der Waals surface area contributed by atoms with Gasteiger partial charge in [-0.3, -0.25) is 0 Å². The highest BCUT2D eigenvalue weighted by Gasteiger charge is 2.17. The summed E-state index contributed by atoms with van der Waals surface area (Å²) in [6.07, 6.45) is 0. The predicted molar refractivity (Wildman–Crippen MR) is 262 cm³/mol. The van der Waals surface area contributed by atoms with E-state index in [1.165, 1.54) is 0 Å². The van der Waals surface area contributed by atoms with Gasteiger partial charge < -0.3 is 9.13 Å². The number of nitrogens with zero attached hydrogens (tertiary/aromatic N) is 2. The molecule has 0 fully saturated rings. The second-order valence-corrected chi connectivity index (χ2v) is 15.6. The first-order valence-electron chi connectivity index (χ1n) is 24.3. The first-order valence-corrected chi connectivity index (χ1v) is 20.8. The number of para-hydroxylation sites is 1. The molecular formula is C60H40N2. The highest BCUT2D eigenvalue weighted by atomic mass is 15.0. The molecule has 0 radical (unpaired) electrons. The number of rotatable bonds is 7. The van der Waals surface area contributed by atoms with Gasteiger partial charge in [0.15, 0.2) is 0 Å². The third kappa shape index (κ3) is 6.12. The largest absolute Gasteiger partial charge is 0.309 e. The Balaban J connectivity index is 1.06. The van der Waals surface area contributed by atoms with Crippen LogP contribution in [0.2, 0.25) is 0 Å². The second-order valence-electron chi connectivity index (χ2n) is 15.6. The van der Waals surface area contributed by atoms with Crippen molar-refractivity contribution in [2.45, 2.75) is 0 Å². The molecule has 0 N–H and O–H groups in total. The average Bonchev–Trinajstić information content (AvgIpc) is 3.94. The van der Waals surface area contributed by atoms with Crippen molar-refractivity contribution in [1.82, 2.24) is 9.13 Å². The summed E-state index contributed by atoms with van der Waals surface area (Å²) >= 11 is 0. The quantitative estimate of drug-likeness (QED) is 0.152. The monoisotopic (exact) mass is 795 g/mol. The minimum Gasteiger partial charge on any atom is -0.309 e. The van der Waals surface area contributed by atoms with Crippen molar-refractivity contribution in [1.29, 1.82) is 0 Å². The van der Waals surface area contributed by atoms with Crippen LogP contribution in [0, 0.1) is 0 Å². The number of fused-ring (bicyclic) bond motifs is 6. The SMILES string of the molecule is [2H]c1c([2H])c([2H])c2c(c1[2H])c1c([2H])c(-c3ccc4c(c3)c3ccc(-c5ccc(-c6ccccc6)cc5)cc3n4-c3ccc(-c4ccccc4)cc3)c([2H])c([2H])c1n2-c1ccc(-c2ccccc2)cc1. The standard InChI is InChI=1S/C60H40N2/c1-4-12-41(13-5-1)44-20-22-47(23-21-44)50-28-35-54-56-39-49(30-37-59(56)62(60(54)40-50)52-33-26-46(27-34-52)43-16-8-3-9-17-43)48-29-36-58-55(38-48)53-18-10-11-19-57(53)61(58)51-31-24-45(25-32-51)42-14-6-2-7-15-42/h1-40H/i10D,11D,18D,19D,29D,36D,38D. The Morgan fingerprint density at radius 3 is 1.27 bits per heavy atom. The zero-order valence-electron chi connectivity index (χ0n) is 40.4. The third-order valence-corrected chi connectivity index (χ3v) is 12.0. The van der Waals surface area contributed by atoms with Crippen LogP contribution in [-0.4, -0.2) is 9.13 Å². The van der Waals surface area contributed by atoms with Gasteiger partial charge in [-0.2, -0.15) is 0 Å². The van der Waals surface area contributed by atoms with E-state index >= 15 is 0 Å². The van der Waals surface area contributed by atoms with Gasteiger partial charge in [-0.05, 0) is 116 Å². The Morgan fingerprint density at radius 1 is 0.258 bits per heavy atom. The van der Waals surface area contributed by atoms with Crippen LogP contribution in [-0.2, 0) is 0 Å². The van der Waals surface area contributed by atoms with Gasteiger partial charge in [0, 0.05) is 32.9 Å². The van der Waals surface area contributed by atoms with E-state index in [4.69, 9.17) is 4.11 Å². The molecule has 0 aliphatic rings. The summed E-state index contributed by atoms with van der Waals surface area (Å²) in [6, 6.07) is 65.8. The molecular weight excluding hydrogens is 749 g/mol. The average molecular weight is 796 g/mol. The lowest BCUT2D eigenvalue weighted by Gasteiger charge is -2.11. The highest BCUT2D eigenvalue weighted by Crippen LogP contribution is 2.40. The molecule has 0 unspecified atom stereocenters. The number of aromatic nitrogens is 2. The van der Waals surface area contributed by atoms with E-state index in [-0.39, 0.29) is 57.6 Å². The van der Waals surface area contributed by atoms with Crippen LogP contribution in [0.5, 0.6) is 0 Å². The summed E-state index contributed by atoms with van der Waals surface area (Å²) in [5.74, 6) is 0. The van der Waals surface area contributed by atoms with Crippen molar-refractivity contribution in [2.75, 3.05) is 0 Å². The van der Waals surface area contributed by atoms with Gasteiger partial charge in [0.25, 0.3) is 0 Å². The predicted octanol–water partition coefficient (Wildman–Crippen LogP) is 16.2. The maximum absolute atomic E-state index is 9.93. The van der Waals surface area contributed by atoms with E-state index in [9.17, 15) is 5.48 Å². The summed E-state index contributed by atoms with van der Waals surface area (Å²) in [5, 5.41) is 2.21. The molecule has 12 rings (SSSR count). The molecule has 0 aliphatic heterocycles. The van der Waals surface area contributed by atoms with Crippen LogP contribution in [0.15, 0.2) is 242 Å². The first kappa shape index (κ1) is 29.1. The second kappa shape index (κ2) is 14.8. The Morgan fingerprint density at radius 2 is 0.694 bits per heavy atom. The van der Waals surface area contributed by atoms with Gasteiger partial charge in [0.1, 0.15) is 0 Å². The fourth-order valence-electron chi connectivity index (χ4n) is 8.90. The minimum absolute atomic E-state index is 0.0819. The van der Waals surface area contributed by atoms with Gasteiger partial charge in [-0.25, -0.2) is 0 Å². The zero-order chi connectivity index (χ0) is 47.1. The Bertz CT molecular complexity index is 3980. The molecule has 0 saturated heterocycles. The zero-order valence-corrected chi connectivity index (χ0v) is 33.4. The van der Waals surface area contributed by atoms with Crippen LogP contribution in [0.25, 0.3) is 111 Å². The third-order valence-electron chi connectivity index (χ3n) is 12.0. The lowest BCUT2D eigenvalue weighted by molar-refractivity contribution is 1.18. The molecule has 2 heteroatoms. The minimum atomic E-state index is -0.425. The van der Waals surface area contributed by atoms with Gasteiger partial charge in [-0.15, -0.1) is 0 Å². The van der Waals surface area contributed by atoms with Crippen molar-refractivity contribution in [2.24, 2.45) is 0 Å². The number of benzene rings is 10. The Labute approximate surface area is 370 Å². The molecule has 12 aromatic rings. The van der Waals surface area contributed by atoms with Crippen LogP contribution in [0.3, 0.4) is 0 Å². The number of hydrogen-bond acceptors (Lipinski definition) is 0. The summed E-state index contributed by atoms with van der Waals surface area (Å²) in [5.41, 5.74) is 13.1. The van der Waals surface area contributed by atoms with E-state index in [0.717, 1.165) is 72.0 Å². The maximum Gasteiger partial charge on any atom is 0.0645 e. The van der Waals surface area contributed by atoms with Crippen molar-refractivity contribution in [3.8, 4) is 67.0 Å². The Hall–Kier alpha value is -8.20. The molecule has 10 aromatic carbocycles. The molecule has 2 nitrogen and oxygen atoms in total. The van der Waals surface area contributed by atoms with Gasteiger partial charge in [0.05, 0.1) is 31.7 Å². The number of hydrogen-bond donors (Lipinski definition) is 0. The normalized spacial score (nSPS) is 13.1. The van der Waals surface area contributed by atoms with Crippen LogP contribution in [0.4, 0.5) is 0 Å². The van der Waals surface area contributed by atoms with Crippen molar-refractivity contribution in [3.05, 3.63) is 242 Å². The molecule has 0 spiro atoms. The van der Waals surface area contributed by atoms with E-state index in [2.05, 4.69) is 95.6 Å². The topological polar surface area (TPSA) is 9.86 Å². The summed E-state index contributed by atoms with van der Waals surface area (Å²) in [6.45, 7) is 0. The Kier molecular flexibility index (Phi) is 6.95. The van der Waals surface area contributed by atoms with Crippen molar-refractivity contribution in [3.63, 3.8) is 0 Å². The molecule has 290 valence electrons. The molecule has 2 aromatic heterocycles. The lowest BCUT2D eigenvalue weighted by atomic mass is 9.98. The van der Waals surface area contributed by atoms with Crippen LogP contribution < -0.4 is 0 Å². The molecule has 0 saturated carbocycles. The smallest absolute Gasteiger partial charge is 0.0645 e. The van der Waals surface area contributed by atoms with Gasteiger partial charge >= 0.3 is 0 Å². The molecule has 0 amide bonds. The van der Waals surface area contributed by atoms with Crippen LogP contribution in [0.1, 0.15) is 9.60 Å². The van der Waals surface area contributed by atoms with E-state index in [0.29, 0.717) is 11.3 Å². The summed E-state index contributed by atoms with van der Waals surface area (Å²) in [7, 11) is 0. The molecule has 62 heavy (non-hydrogen) atoms. The van der Waals surface area contributed by atoms with Gasteiger partial charge in [0.2, 0.25) is 0 Å². The fourth-order valence-corrected chi connectivity index (χ4v) is 8.90. The van der Waals surface area contributed by atoms with Crippen LogP contribution >= 0.6 is 0 Å². The van der Waals surface area contributed by atoms with E-state index < -0.39 is 12.1 Å². The van der Waals surface area contributed by atoms with Crippen molar-refractivity contribution < 1.29 is 9.60 Å². The maximum atomic E-state index is 9.93. The lowest BCUT2D eigenvalue weighted by Crippen LogP contribution is -1.94. The molecule has 0 bridgehead atoms. The molecule has 0 atom stereocenters. The molecule has 0 aliphatic carbocycles. The summed E-state index contributed by atoms with van der Waals surface area (Å²) in [4.78, 5) is 0. The van der Waals surface area contributed by atoms with E-state index in [1.54, 1.807) is 4.57 Å². The fraction of sp³-hybridized carbons (Fsp3) is 0. The first-order chi connectivity index (χ1) is 33.7. The van der Waals surface area contributed by atoms with Crippen molar-refractivity contribution >= 4 is 43.6 Å². The van der Waals surface area contributed by atoms with E-state index in [1.807, 2.05) is 109 Å². The van der Waals surface area contributed by atoms with Gasteiger partial charge in [-0.1, -0.05) is 182 Å². The summed E-state index contributed by atoms with van der Waals surface area (Å²) < 4.78 is 68.9. The molecule has 2 heterocycles.